The van der Waals surface area contributed by atoms with Gasteiger partial charge in [0.05, 0.1) is 23.1 Å². The zero-order valence-corrected chi connectivity index (χ0v) is 9.18. The maximum Gasteiger partial charge on any atom is 0.126 e. The van der Waals surface area contributed by atoms with Crippen LogP contribution in [0.5, 0.6) is 0 Å². The Hall–Kier alpha value is -1.62. The number of hydrogen-bond donors (Lipinski definition) is 1. The normalized spacial score (nSPS) is 20.7. The topological polar surface area (TPSA) is 66.0 Å². The van der Waals surface area contributed by atoms with E-state index in [1.165, 1.54) is 0 Å². The lowest BCUT2D eigenvalue weighted by Crippen LogP contribution is -2.05. The number of aryl methyl sites for hydroxylation is 1. The van der Waals surface area contributed by atoms with E-state index in [0.29, 0.717) is 5.82 Å². The quantitative estimate of drug-likeness (QED) is 0.785. The molecule has 2 aromatic heterocycles. The number of hydrogen-bond acceptors (Lipinski definition) is 4. The first-order chi connectivity index (χ1) is 7.75. The molecule has 0 radical (unpaired) electrons. The summed E-state index contributed by atoms with van der Waals surface area (Å²) < 4.78 is 7.64. The van der Waals surface area contributed by atoms with E-state index in [4.69, 9.17) is 10.5 Å². The van der Waals surface area contributed by atoms with Crippen molar-refractivity contribution in [1.82, 2.24) is 14.5 Å². The molecular formula is C11H14N4O. The summed E-state index contributed by atoms with van der Waals surface area (Å²) in [5, 5.41) is 0. The lowest BCUT2D eigenvalue weighted by atomic mass is 10.1. The van der Waals surface area contributed by atoms with Crippen LogP contribution in [-0.4, -0.2) is 21.1 Å². The molecule has 1 saturated heterocycles. The Balaban J connectivity index is 2.23. The maximum absolute atomic E-state index is 5.79. The number of nitrogens with zero attached hydrogens (tertiary/aromatic N) is 3. The fourth-order valence-corrected chi connectivity index (χ4v) is 2.25. The molecule has 1 aliphatic heterocycles. The number of imidazole rings is 1. The minimum atomic E-state index is 0.0707. The standard InChI is InChI=1S/C11H14N4O/c1-15-6-13-7-5-9(12)14-10(11(7)15)8-3-2-4-16-8/h5-6,8H,2-4H2,1H3,(H2,12,14). The van der Waals surface area contributed by atoms with E-state index < -0.39 is 0 Å². The smallest absolute Gasteiger partial charge is 0.126 e. The average Bonchev–Trinajstić information content (AvgIpc) is 2.87. The Morgan fingerprint density at radius 2 is 2.44 bits per heavy atom. The third kappa shape index (κ3) is 1.36. The molecule has 5 nitrogen and oxygen atoms in total. The second kappa shape index (κ2) is 3.45. The predicted octanol–water partition coefficient (Wildman–Crippen LogP) is 1.40. The van der Waals surface area contributed by atoms with Gasteiger partial charge in [0.1, 0.15) is 11.9 Å². The van der Waals surface area contributed by atoms with Crippen LogP contribution in [0.15, 0.2) is 12.4 Å². The molecule has 0 spiro atoms. The van der Waals surface area contributed by atoms with E-state index in [1.807, 2.05) is 11.6 Å². The first kappa shape index (κ1) is 9.59. The summed E-state index contributed by atoms with van der Waals surface area (Å²) in [6.45, 7) is 0.806. The number of rotatable bonds is 1. The van der Waals surface area contributed by atoms with E-state index >= 15 is 0 Å². The molecule has 3 rings (SSSR count). The lowest BCUT2D eigenvalue weighted by molar-refractivity contribution is 0.109. The fraction of sp³-hybridized carbons (Fsp3) is 0.455. The van der Waals surface area contributed by atoms with E-state index in [-0.39, 0.29) is 6.10 Å². The van der Waals surface area contributed by atoms with Gasteiger partial charge in [-0.2, -0.15) is 0 Å². The molecule has 0 aromatic carbocycles. The van der Waals surface area contributed by atoms with Gasteiger partial charge in [-0.05, 0) is 12.8 Å². The highest BCUT2D eigenvalue weighted by molar-refractivity contribution is 5.80. The molecule has 1 fully saturated rings. The van der Waals surface area contributed by atoms with Crippen molar-refractivity contribution in [3.63, 3.8) is 0 Å². The van der Waals surface area contributed by atoms with Crippen molar-refractivity contribution in [2.75, 3.05) is 12.3 Å². The van der Waals surface area contributed by atoms with Crippen molar-refractivity contribution in [2.45, 2.75) is 18.9 Å². The lowest BCUT2D eigenvalue weighted by Gasteiger charge is -2.11. The van der Waals surface area contributed by atoms with Gasteiger partial charge in [-0.3, -0.25) is 0 Å². The molecule has 1 unspecified atom stereocenters. The van der Waals surface area contributed by atoms with Gasteiger partial charge in [0.15, 0.2) is 0 Å². The summed E-state index contributed by atoms with van der Waals surface area (Å²) in [6.07, 6.45) is 3.95. The number of nitrogen functional groups attached to an aromatic ring is 1. The summed E-state index contributed by atoms with van der Waals surface area (Å²) in [5.74, 6) is 0.511. The van der Waals surface area contributed by atoms with Gasteiger partial charge >= 0.3 is 0 Å². The zero-order chi connectivity index (χ0) is 11.1. The van der Waals surface area contributed by atoms with Crippen molar-refractivity contribution in [3.8, 4) is 0 Å². The maximum atomic E-state index is 5.79. The summed E-state index contributed by atoms with van der Waals surface area (Å²) >= 11 is 0. The van der Waals surface area contributed by atoms with Crippen LogP contribution in [0.4, 0.5) is 5.82 Å². The highest BCUT2D eigenvalue weighted by Crippen LogP contribution is 2.32. The summed E-state index contributed by atoms with van der Waals surface area (Å²) in [7, 11) is 1.96. The number of aromatic nitrogens is 3. The summed E-state index contributed by atoms with van der Waals surface area (Å²) in [6, 6.07) is 1.80. The molecule has 5 heteroatoms. The molecule has 2 N–H and O–H groups in total. The van der Waals surface area contributed by atoms with Gasteiger partial charge in [-0.25, -0.2) is 9.97 Å². The van der Waals surface area contributed by atoms with E-state index in [9.17, 15) is 0 Å². The molecule has 3 heterocycles. The van der Waals surface area contributed by atoms with Crippen molar-refractivity contribution in [3.05, 3.63) is 18.1 Å². The van der Waals surface area contributed by atoms with Crippen molar-refractivity contribution in [2.24, 2.45) is 7.05 Å². The van der Waals surface area contributed by atoms with Gasteiger partial charge in [-0.15, -0.1) is 0 Å². The van der Waals surface area contributed by atoms with Gasteiger partial charge in [-0.1, -0.05) is 0 Å². The molecule has 16 heavy (non-hydrogen) atoms. The Morgan fingerprint density at radius 1 is 1.56 bits per heavy atom. The monoisotopic (exact) mass is 218 g/mol. The summed E-state index contributed by atoms with van der Waals surface area (Å²) in [4.78, 5) is 8.71. The summed E-state index contributed by atoms with van der Waals surface area (Å²) in [5.41, 5.74) is 8.63. The molecule has 1 aliphatic rings. The second-order valence-electron chi connectivity index (χ2n) is 4.16. The third-order valence-corrected chi connectivity index (χ3v) is 2.98. The Labute approximate surface area is 93.2 Å². The second-order valence-corrected chi connectivity index (χ2v) is 4.16. The number of anilines is 1. The number of fused-ring (bicyclic) bond motifs is 1. The van der Waals surface area contributed by atoms with E-state index in [0.717, 1.165) is 36.2 Å². The number of pyridine rings is 1. The van der Waals surface area contributed by atoms with Crippen LogP contribution in [0.25, 0.3) is 11.0 Å². The molecule has 2 aromatic rings. The number of nitrogens with two attached hydrogens (primary N) is 1. The van der Waals surface area contributed by atoms with Crippen LogP contribution in [0, 0.1) is 0 Å². The van der Waals surface area contributed by atoms with Crippen molar-refractivity contribution >= 4 is 16.9 Å². The molecule has 0 amide bonds. The average molecular weight is 218 g/mol. The van der Waals surface area contributed by atoms with Gasteiger partial charge in [0, 0.05) is 19.7 Å². The molecule has 1 atom stereocenters. The highest BCUT2D eigenvalue weighted by Gasteiger charge is 2.23. The van der Waals surface area contributed by atoms with Gasteiger partial charge in [0.2, 0.25) is 0 Å². The van der Waals surface area contributed by atoms with Gasteiger partial charge in [0.25, 0.3) is 0 Å². The largest absolute Gasteiger partial charge is 0.384 e. The van der Waals surface area contributed by atoms with Crippen LogP contribution < -0.4 is 5.73 Å². The van der Waals surface area contributed by atoms with Crippen LogP contribution in [0.3, 0.4) is 0 Å². The van der Waals surface area contributed by atoms with Crippen LogP contribution in [0.2, 0.25) is 0 Å². The highest BCUT2D eigenvalue weighted by atomic mass is 16.5. The predicted molar refractivity (Wildman–Crippen MR) is 60.8 cm³/mol. The fourth-order valence-electron chi connectivity index (χ4n) is 2.25. The van der Waals surface area contributed by atoms with Crippen LogP contribution in [-0.2, 0) is 11.8 Å². The van der Waals surface area contributed by atoms with Crippen molar-refractivity contribution in [1.29, 1.82) is 0 Å². The minimum absolute atomic E-state index is 0.0707. The molecular weight excluding hydrogens is 204 g/mol. The molecule has 84 valence electrons. The van der Waals surface area contributed by atoms with Crippen LogP contribution in [0.1, 0.15) is 24.6 Å². The minimum Gasteiger partial charge on any atom is -0.384 e. The molecule has 0 saturated carbocycles. The Morgan fingerprint density at radius 3 is 3.19 bits per heavy atom. The van der Waals surface area contributed by atoms with Crippen LogP contribution >= 0.6 is 0 Å². The van der Waals surface area contributed by atoms with E-state index in [1.54, 1.807) is 12.4 Å². The first-order valence-corrected chi connectivity index (χ1v) is 5.45. The SMILES string of the molecule is Cn1cnc2cc(N)nc(C3CCCO3)c21. The van der Waals surface area contributed by atoms with Gasteiger partial charge < -0.3 is 15.0 Å². The molecule has 0 aliphatic carbocycles. The third-order valence-electron chi connectivity index (χ3n) is 2.98. The van der Waals surface area contributed by atoms with Crippen molar-refractivity contribution < 1.29 is 4.74 Å². The Kier molecular flexibility index (Phi) is 2.07. The molecule has 0 bridgehead atoms. The van der Waals surface area contributed by atoms with E-state index in [2.05, 4.69) is 9.97 Å². The Bertz CT molecular complexity index is 528. The first-order valence-electron chi connectivity index (χ1n) is 5.45. The zero-order valence-electron chi connectivity index (χ0n) is 9.18. The number of ether oxygens (including phenoxy) is 1.